The number of hydrogen-bond acceptors (Lipinski definition) is 10. The van der Waals surface area contributed by atoms with Crippen molar-refractivity contribution < 1.29 is 37.9 Å². The van der Waals surface area contributed by atoms with Gasteiger partial charge < -0.3 is 37.9 Å². The van der Waals surface area contributed by atoms with Crippen molar-refractivity contribution in [3.8, 4) is 0 Å². The summed E-state index contributed by atoms with van der Waals surface area (Å²) in [7, 11) is 3.29. The van der Waals surface area contributed by atoms with Gasteiger partial charge in [-0.25, -0.2) is 4.68 Å². The van der Waals surface area contributed by atoms with Crippen LogP contribution in [0.3, 0.4) is 0 Å². The second-order valence-electron chi connectivity index (χ2n) is 6.07. The Bertz CT molecular complexity index is 478. The second kappa shape index (κ2) is 21.1. The Morgan fingerprint density at radius 3 is 1.53 bits per heavy atom. The van der Waals surface area contributed by atoms with Crippen LogP contribution in [0.2, 0.25) is 0 Å². The number of aromatic nitrogens is 3. The summed E-state index contributed by atoms with van der Waals surface area (Å²) in [5.74, 6) is 0. The molecule has 0 saturated carbocycles. The van der Waals surface area contributed by atoms with Crippen molar-refractivity contribution >= 4 is 0 Å². The Hall–Kier alpha value is -1.18. The summed E-state index contributed by atoms with van der Waals surface area (Å²) < 4.78 is 44.0. The highest BCUT2D eigenvalue weighted by atomic mass is 16.6. The highest BCUT2D eigenvalue weighted by Gasteiger charge is 2.01. The zero-order chi connectivity index (χ0) is 21.5. The molecule has 0 aromatic carbocycles. The van der Waals surface area contributed by atoms with E-state index in [4.69, 9.17) is 37.9 Å². The minimum Gasteiger partial charge on any atom is -0.382 e. The average molecular weight is 436 g/mol. The molecule has 0 N–H and O–H groups in total. The molecule has 0 atom stereocenters. The van der Waals surface area contributed by atoms with Gasteiger partial charge in [0.1, 0.15) is 5.69 Å². The predicted molar refractivity (Wildman–Crippen MR) is 108 cm³/mol. The van der Waals surface area contributed by atoms with E-state index in [-0.39, 0.29) is 0 Å². The molecule has 0 bridgehead atoms. The summed E-state index contributed by atoms with van der Waals surface area (Å²) in [6.45, 7) is 8.17. The van der Waals surface area contributed by atoms with Gasteiger partial charge >= 0.3 is 0 Å². The Morgan fingerprint density at radius 1 is 0.600 bits per heavy atom. The zero-order valence-electron chi connectivity index (χ0n) is 18.3. The molecule has 1 rings (SSSR count). The largest absolute Gasteiger partial charge is 0.382 e. The van der Waals surface area contributed by atoms with Gasteiger partial charge in [-0.15, -0.1) is 5.10 Å². The molecule has 0 radical (unpaired) electrons. The molecule has 0 saturated heterocycles. The number of hydrogen-bond donors (Lipinski definition) is 0. The quantitative estimate of drug-likeness (QED) is 0.221. The van der Waals surface area contributed by atoms with Crippen molar-refractivity contribution in [2.45, 2.75) is 13.2 Å². The van der Waals surface area contributed by atoms with Gasteiger partial charge in [0.05, 0.1) is 105 Å². The van der Waals surface area contributed by atoms with Gasteiger partial charge in [0, 0.05) is 14.2 Å². The lowest BCUT2D eigenvalue weighted by atomic mass is 10.5. The fourth-order valence-electron chi connectivity index (χ4n) is 2.12. The van der Waals surface area contributed by atoms with E-state index < -0.39 is 0 Å². The molecule has 0 spiro atoms. The normalized spacial score (nSPS) is 11.4. The smallest absolute Gasteiger partial charge is 0.108 e. The van der Waals surface area contributed by atoms with Crippen molar-refractivity contribution in [2.24, 2.45) is 0 Å². The summed E-state index contributed by atoms with van der Waals surface area (Å²) in [4.78, 5) is 0. The van der Waals surface area contributed by atoms with Crippen molar-refractivity contribution in [1.29, 1.82) is 0 Å². The van der Waals surface area contributed by atoms with Crippen LogP contribution in [0, 0.1) is 0 Å². The third kappa shape index (κ3) is 16.6. The molecule has 0 aliphatic rings. The minimum absolute atomic E-state index is 0.398. The van der Waals surface area contributed by atoms with E-state index in [9.17, 15) is 0 Å². The molecule has 0 amide bonds. The Labute approximate surface area is 178 Å². The standard InChI is InChI=1S/C19H37N3O8/c1-23-5-7-26-11-13-28-10-9-25-4-3-22-17-19(20-21-22)18-30-16-15-29-14-12-27-8-6-24-2/h17H,3-16,18H2,1-2H3. The van der Waals surface area contributed by atoms with Crippen LogP contribution in [0.5, 0.6) is 0 Å². The molecule has 11 nitrogen and oxygen atoms in total. The summed E-state index contributed by atoms with van der Waals surface area (Å²) in [5, 5.41) is 8.13. The van der Waals surface area contributed by atoms with Crippen molar-refractivity contribution in [1.82, 2.24) is 15.0 Å². The lowest BCUT2D eigenvalue weighted by Gasteiger charge is -2.06. The second-order valence-corrected chi connectivity index (χ2v) is 6.07. The van der Waals surface area contributed by atoms with E-state index in [1.54, 1.807) is 18.9 Å². The predicted octanol–water partition coefficient (Wildman–Crippen LogP) is 0.171. The van der Waals surface area contributed by atoms with Crippen molar-refractivity contribution in [3.63, 3.8) is 0 Å². The average Bonchev–Trinajstić information content (AvgIpc) is 3.21. The Morgan fingerprint density at radius 2 is 1.03 bits per heavy atom. The van der Waals surface area contributed by atoms with Crippen LogP contribution >= 0.6 is 0 Å². The zero-order valence-corrected chi connectivity index (χ0v) is 18.3. The summed E-state index contributed by atoms with van der Waals surface area (Å²) >= 11 is 0. The van der Waals surface area contributed by atoms with Crippen LogP contribution in [0.15, 0.2) is 6.20 Å². The number of nitrogens with zero attached hydrogens (tertiary/aromatic N) is 3. The summed E-state index contributed by atoms with van der Waals surface area (Å²) in [5.41, 5.74) is 0.773. The molecule has 0 unspecified atom stereocenters. The monoisotopic (exact) mass is 435 g/mol. The maximum absolute atomic E-state index is 5.52. The molecular weight excluding hydrogens is 398 g/mol. The van der Waals surface area contributed by atoms with Crippen molar-refractivity contribution in [2.75, 3.05) is 100 Å². The maximum Gasteiger partial charge on any atom is 0.108 e. The fraction of sp³-hybridized carbons (Fsp3) is 0.895. The third-order valence-corrected chi connectivity index (χ3v) is 3.65. The van der Waals surface area contributed by atoms with Crippen molar-refractivity contribution in [3.05, 3.63) is 11.9 Å². The van der Waals surface area contributed by atoms with Crippen LogP contribution in [0.4, 0.5) is 0 Å². The topological polar surface area (TPSA) is 105 Å². The summed E-state index contributed by atoms with van der Waals surface area (Å²) in [6, 6.07) is 0. The van der Waals surface area contributed by atoms with Crippen LogP contribution in [-0.4, -0.2) is 115 Å². The SMILES string of the molecule is COCCOCCOCCOCCn1cc(COCCOCCOCCOC)nn1. The number of rotatable bonds is 23. The first-order chi connectivity index (χ1) is 14.9. The Balaban J connectivity index is 1.87. The molecule has 176 valence electrons. The first kappa shape index (κ1) is 26.9. The highest BCUT2D eigenvalue weighted by molar-refractivity contribution is 4.89. The molecule has 1 aromatic heterocycles. The first-order valence-corrected chi connectivity index (χ1v) is 10.2. The molecule has 11 heteroatoms. The summed E-state index contributed by atoms with van der Waals surface area (Å²) in [6.07, 6.45) is 1.85. The van der Waals surface area contributed by atoms with E-state index in [1.165, 1.54) is 0 Å². The first-order valence-electron chi connectivity index (χ1n) is 10.2. The van der Waals surface area contributed by atoms with E-state index in [2.05, 4.69) is 10.3 Å². The van der Waals surface area contributed by atoms with E-state index >= 15 is 0 Å². The third-order valence-electron chi connectivity index (χ3n) is 3.65. The van der Waals surface area contributed by atoms with Crippen LogP contribution in [-0.2, 0) is 51.0 Å². The number of methoxy groups -OCH3 is 2. The van der Waals surface area contributed by atoms with Gasteiger partial charge in [0.15, 0.2) is 0 Å². The number of ether oxygens (including phenoxy) is 8. The van der Waals surface area contributed by atoms with Gasteiger partial charge in [-0.3, -0.25) is 0 Å². The van der Waals surface area contributed by atoms with Crippen LogP contribution < -0.4 is 0 Å². The molecule has 0 fully saturated rings. The molecule has 30 heavy (non-hydrogen) atoms. The van der Waals surface area contributed by atoms with Crippen LogP contribution in [0.25, 0.3) is 0 Å². The molecular formula is C19H37N3O8. The van der Waals surface area contributed by atoms with Gasteiger partial charge in [0.2, 0.25) is 0 Å². The van der Waals surface area contributed by atoms with E-state index in [0.717, 1.165) is 5.69 Å². The molecule has 0 aliphatic heterocycles. The van der Waals surface area contributed by atoms with Gasteiger partial charge in [-0.1, -0.05) is 5.21 Å². The van der Waals surface area contributed by atoms with E-state index in [1.807, 2.05) is 6.20 Å². The van der Waals surface area contributed by atoms with Gasteiger partial charge in [-0.05, 0) is 0 Å². The minimum atomic E-state index is 0.398. The lowest BCUT2D eigenvalue weighted by Crippen LogP contribution is -2.13. The van der Waals surface area contributed by atoms with E-state index in [0.29, 0.717) is 99.0 Å². The lowest BCUT2D eigenvalue weighted by molar-refractivity contribution is 0.000434. The maximum atomic E-state index is 5.52. The molecule has 1 aromatic rings. The fourth-order valence-corrected chi connectivity index (χ4v) is 2.12. The Kier molecular flexibility index (Phi) is 18.9. The van der Waals surface area contributed by atoms with Crippen LogP contribution in [0.1, 0.15) is 5.69 Å². The van der Waals surface area contributed by atoms with Gasteiger partial charge in [0.25, 0.3) is 0 Å². The molecule has 0 aliphatic carbocycles. The highest BCUT2D eigenvalue weighted by Crippen LogP contribution is 1.96. The molecule has 1 heterocycles. The van der Waals surface area contributed by atoms with Gasteiger partial charge in [-0.2, -0.15) is 0 Å².